The molecule has 1 atom stereocenters. The van der Waals surface area contributed by atoms with Crippen LogP contribution in [-0.2, 0) is 39.1 Å². The van der Waals surface area contributed by atoms with E-state index in [9.17, 15) is 19.6 Å². The largest absolute Gasteiger partial charge is 0.444 e. The van der Waals surface area contributed by atoms with Crippen molar-refractivity contribution in [2.75, 3.05) is 25.5 Å². The fraction of sp³-hybridized carbons (Fsp3) is 0.415. The molecule has 1 aliphatic rings. The second-order valence-corrected chi connectivity index (χ2v) is 17.4. The molecule has 0 saturated carbocycles. The predicted molar refractivity (Wildman–Crippen MR) is 220 cm³/mol. The maximum Gasteiger partial charge on any atom is 0.264 e. The Morgan fingerprint density at radius 3 is 2.51 bits per heavy atom. The van der Waals surface area contributed by atoms with Gasteiger partial charge in [-0.25, -0.2) is 9.97 Å². The number of hydrogen-bond acceptors (Lipinski definition) is 11. The van der Waals surface area contributed by atoms with Crippen LogP contribution in [0.5, 0.6) is 0 Å². The Hall–Kier alpha value is -5.53. The number of thiazole rings is 1. The summed E-state index contributed by atoms with van der Waals surface area (Å²) in [4.78, 5) is 51.9. The van der Waals surface area contributed by atoms with Crippen molar-refractivity contribution in [3.8, 4) is 17.2 Å². The van der Waals surface area contributed by atoms with Crippen LogP contribution in [-0.4, -0.2) is 77.2 Å². The number of aryl methyl sites for hydroxylation is 1. The van der Waals surface area contributed by atoms with Gasteiger partial charge < -0.3 is 19.5 Å². The molecule has 6 rings (SSSR count). The third-order valence-electron chi connectivity index (χ3n) is 9.85. The van der Waals surface area contributed by atoms with Crippen LogP contribution in [0.2, 0.25) is 0 Å². The van der Waals surface area contributed by atoms with Crippen LogP contribution in [0, 0.1) is 17.2 Å². The minimum Gasteiger partial charge on any atom is -0.444 e. The summed E-state index contributed by atoms with van der Waals surface area (Å²) in [5.41, 5.74) is 3.22. The number of likely N-dealkylation sites (tertiary alicyclic amines) is 1. The average molecular weight is 809 g/mol. The lowest BCUT2D eigenvalue weighted by Gasteiger charge is -2.31. The highest BCUT2D eigenvalue weighted by atomic mass is 32.2. The minimum absolute atomic E-state index is 0.0249. The number of rotatable bonds is 14. The molecule has 1 aliphatic heterocycles. The lowest BCUT2D eigenvalue weighted by Crippen LogP contribution is -2.42. The molecule has 1 saturated heterocycles. The number of nitrogens with one attached hydrogen (secondary N) is 1. The highest BCUT2D eigenvalue weighted by Gasteiger charge is 2.29. The van der Waals surface area contributed by atoms with Crippen molar-refractivity contribution in [3.63, 3.8) is 0 Å². The number of hydrogen-bond donors (Lipinski definition) is 1. The van der Waals surface area contributed by atoms with Gasteiger partial charge in [0.05, 0.1) is 40.3 Å². The molecule has 1 aromatic carbocycles. The van der Waals surface area contributed by atoms with E-state index >= 15 is 0 Å². The molecule has 1 N–H and O–H groups in total. The molecule has 3 amide bonds. The molecule has 57 heavy (non-hydrogen) atoms. The van der Waals surface area contributed by atoms with Gasteiger partial charge in [0.1, 0.15) is 23.9 Å². The number of benzene rings is 1. The first-order valence-corrected chi connectivity index (χ1v) is 20.7. The number of amides is 3. The molecular weight excluding hydrogens is 761 g/mol. The Bertz CT molecular complexity index is 2250. The standard InChI is InChI=1S/C41H48N10O4S2/c1-7-8-33(49(6)39(54)30(20-42)19-32-15-16-48(5)47-32)28-11-9-27(10-12-28)31-21-45-51(24-31)25-36(52)50-17-13-29(14-18-50)38(53)46-40-44-23-37(57-40)56-26-35-43-22-34(55-35)41(2,3)4/h9-12,15-16,19,21-24,29,33H,7-8,13-14,17-18,25-26H2,1-6H3,(H,44,46,53)/b30-19+. The van der Waals surface area contributed by atoms with E-state index in [0.717, 1.165) is 39.5 Å². The van der Waals surface area contributed by atoms with Crippen molar-refractivity contribution in [1.29, 1.82) is 5.26 Å². The van der Waals surface area contributed by atoms with Gasteiger partial charge in [-0.05, 0) is 42.5 Å². The SMILES string of the molecule is CCCC(c1ccc(-c2cnn(CC(=O)N3CCC(C(=O)Nc4ncc(SCc5ncc(C(C)(C)C)o5)s4)CC3)c2)cc1)N(C)C(=O)/C(C#N)=C/c1ccn(C)n1. The zero-order chi connectivity index (χ0) is 40.7. The zero-order valence-electron chi connectivity index (χ0n) is 33.1. The second-order valence-electron chi connectivity index (χ2n) is 15.1. The van der Waals surface area contributed by atoms with E-state index in [-0.39, 0.29) is 47.2 Å². The van der Waals surface area contributed by atoms with Crippen molar-refractivity contribution in [1.82, 2.24) is 39.3 Å². The van der Waals surface area contributed by atoms with Crippen molar-refractivity contribution >= 4 is 52.0 Å². The minimum atomic E-state index is -0.362. The summed E-state index contributed by atoms with van der Waals surface area (Å²) < 4.78 is 10.1. The molecule has 0 bridgehead atoms. The Labute approximate surface area is 341 Å². The topological polar surface area (TPSA) is 168 Å². The van der Waals surface area contributed by atoms with Crippen LogP contribution in [0.1, 0.15) is 82.3 Å². The summed E-state index contributed by atoms with van der Waals surface area (Å²) in [6.07, 6.45) is 13.1. The van der Waals surface area contributed by atoms with Crippen LogP contribution >= 0.6 is 23.1 Å². The third-order valence-corrected chi connectivity index (χ3v) is 11.9. The number of aromatic nitrogens is 6. The highest BCUT2D eigenvalue weighted by Crippen LogP contribution is 2.33. The van der Waals surface area contributed by atoms with E-state index in [1.807, 2.05) is 36.5 Å². The van der Waals surface area contributed by atoms with E-state index in [2.05, 4.69) is 53.2 Å². The lowest BCUT2D eigenvalue weighted by molar-refractivity contribution is -0.135. The smallest absolute Gasteiger partial charge is 0.264 e. The summed E-state index contributed by atoms with van der Waals surface area (Å²) in [6, 6.07) is 11.5. The fourth-order valence-electron chi connectivity index (χ4n) is 6.56. The molecule has 5 aromatic rings. The van der Waals surface area contributed by atoms with Crippen molar-refractivity contribution in [2.45, 2.75) is 81.3 Å². The molecule has 4 aromatic heterocycles. The van der Waals surface area contributed by atoms with E-state index in [0.29, 0.717) is 48.4 Å². The van der Waals surface area contributed by atoms with Crippen LogP contribution in [0.4, 0.5) is 5.13 Å². The molecule has 298 valence electrons. The number of anilines is 1. The maximum absolute atomic E-state index is 13.4. The van der Waals surface area contributed by atoms with E-state index in [1.165, 1.54) is 17.4 Å². The lowest BCUT2D eigenvalue weighted by atomic mass is 9.94. The molecule has 1 unspecified atom stereocenters. The summed E-state index contributed by atoms with van der Waals surface area (Å²) in [5, 5.41) is 22.0. The number of nitrogens with zero attached hydrogens (tertiary/aromatic N) is 9. The van der Waals surface area contributed by atoms with Gasteiger partial charge in [0.2, 0.25) is 17.7 Å². The summed E-state index contributed by atoms with van der Waals surface area (Å²) in [6.45, 7) is 9.38. The zero-order valence-corrected chi connectivity index (χ0v) is 34.8. The predicted octanol–water partition coefficient (Wildman–Crippen LogP) is 7.10. The van der Waals surface area contributed by atoms with Gasteiger partial charge in [0.15, 0.2) is 5.13 Å². The van der Waals surface area contributed by atoms with Crippen LogP contribution in [0.3, 0.4) is 0 Å². The van der Waals surface area contributed by atoms with Gasteiger partial charge in [0.25, 0.3) is 5.91 Å². The number of thioether (sulfide) groups is 1. The molecular formula is C41H48N10O4S2. The quantitative estimate of drug-likeness (QED) is 0.0694. The van der Waals surface area contributed by atoms with Gasteiger partial charge in [0, 0.05) is 56.5 Å². The number of nitriles is 1. The van der Waals surface area contributed by atoms with Crippen molar-refractivity contribution in [2.24, 2.45) is 13.0 Å². The van der Waals surface area contributed by atoms with E-state index in [1.54, 1.807) is 75.9 Å². The van der Waals surface area contributed by atoms with Crippen LogP contribution in [0.25, 0.3) is 17.2 Å². The Morgan fingerprint density at radius 1 is 1.11 bits per heavy atom. The molecule has 14 nitrogen and oxygen atoms in total. The number of carbonyl (C=O) groups is 3. The van der Waals surface area contributed by atoms with Gasteiger partial charge in [-0.1, -0.05) is 69.7 Å². The first kappa shape index (κ1) is 41.1. The van der Waals surface area contributed by atoms with Crippen LogP contribution in [0.15, 0.2) is 75.5 Å². The van der Waals surface area contributed by atoms with Crippen molar-refractivity contribution in [3.05, 3.63) is 89.8 Å². The van der Waals surface area contributed by atoms with Gasteiger partial charge in [-0.2, -0.15) is 15.5 Å². The molecule has 0 spiro atoms. The normalized spacial score (nSPS) is 14.3. The summed E-state index contributed by atoms with van der Waals surface area (Å²) >= 11 is 2.99. The van der Waals surface area contributed by atoms with Gasteiger partial charge >= 0.3 is 0 Å². The highest BCUT2D eigenvalue weighted by molar-refractivity contribution is 8.00. The number of piperidine rings is 1. The molecule has 16 heteroatoms. The fourth-order valence-corrected chi connectivity index (χ4v) is 8.29. The Morgan fingerprint density at radius 2 is 1.86 bits per heavy atom. The maximum atomic E-state index is 13.4. The summed E-state index contributed by atoms with van der Waals surface area (Å²) in [5.74, 6) is 1.38. The number of carbonyl (C=O) groups excluding carboxylic acids is 3. The Kier molecular flexibility index (Phi) is 13.1. The van der Waals surface area contributed by atoms with Crippen LogP contribution < -0.4 is 5.32 Å². The van der Waals surface area contributed by atoms with Gasteiger partial charge in [-0.3, -0.25) is 23.7 Å². The molecule has 0 aliphatic carbocycles. The number of likely N-dealkylation sites (N-methyl/N-ethyl adjacent to an activating group) is 1. The third kappa shape index (κ3) is 10.5. The van der Waals surface area contributed by atoms with Crippen molar-refractivity contribution < 1.29 is 18.8 Å². The molecule has 5 heterocycles. The number of oxazole rings is 1. The first-order valence-electron chi connectivity index (χ1n) is 18.9. The average Bonchev–Trinajstić information content (AvgIpc) is 4.04. The van der Waals surface area contributed by atoms with E-state index < -0.39 is 0 Å². The van der Waals surface area contributed by atoms with E-state index in [4.69, 9.17) is 4.42 Å². The Balaban J connectivity index is 0.973. The first-order chi connectivity index (χ1) is 27.3. The summed E-state index contributed by atoms with van der Waals surface area (Å²) in [7, 11) is 3.50. The monoisotopic (exact) mass is 808 g/mol. The second kappa shape index (κ2) is 18.2. The van der Waals surface area contributed by atoms with Gasteiger partial charge in [-0.15, -0.1) is 11.8 Å². The molecule has 0 radical (unpaired) electrons. The molecule has 1 fully saturated rings.